The maximum absolute atomic E-state index is 6.35. The van der Waals surface area contributed by atoms with E-state index in [9.17, 15) is 0 Å². The fourth-order valence-corrected chi connectivity index (χ4v) is 3.60. The third kappa shape index (κ3) is 3.10. The summed E-state index contributed by atoms with van der Waals surface area (Å²) in [6, 6.07) is 19.1. The van der Waals surface area contributed by atoms with E-state index in [1.807, 2.05) is 18.0 Å². The predicted octanol–water partition coefficient (Wildman–Crippen LogP) is 5.92. The fraction of sp³-hybridized carbons (Fsp3) is 0.208. The van der Waals surface area contributed by atoms with Crippen molar-refractivity contribution >= 4 is 40.3 Å². The zero-order valence-corrected chi connectivity index (χ0v) is 16.1. The largest absolute Gasteiger partial charge is 0.369 e. The number of guanidine groups is 1. The van der Waals surface area contributed by atoms with Crippen molar-refractivity contribution < 1.29 is 0 Å². The number of nitrogens with two attached hydrogens (primary N) is 1. The zero-order chi connectivity index (χ0) is 19.0. The van der Waals surface area contributed by atoms with Crippen molar-refractivity contribution in [3.05, 3.63) is 71.3 Å². The lowest BCUT2D eigenvalue weighted by atomic mass is 9.98. The third-order valence-electron chi connectivity index (χ3n) is 5.56. The minimum atomic E-state index is 0.484. The summed E-state index contributed by atoms with van der Waals surface area (Å²) in [5.41, 5.74) is 12.1. The number of aliphatic imine (C=N–C) groups is 1. The van der Waals surface area contributed by atoms with Crippen LogP contribution in [0.5, 0.6) is 0 Å². The SMILES string of the molecule is CCC(C)c1ccc(N(C)C(N)=Nc2ccc3c4c(cccc24)C=C3)cc1. The molecule has 2 N–H and O–H groups in total. The Morgan fingerprint density at radius 3 is 2.41 bits per heavy atom. The van der Waals surface area contributed by atoms with Crippen molar-refractivity contribution in [3.8, 4) is 0 Å². The van der Waals surface area contributed by atoms with Crippen LogP contribution >= 0.6 is 0 Å². The zero-order valence-electron chi connectivity index (χ0n) is 16.1. The number of nitrogens with zero attached hydrogens (tertiary/aromatic N) is 2. The molecule has 1 aliphatic carbocycles. The summed E-state index contributed by atoms with van der Waals surface area (Å²) in [4.78, 5) is 6.67. The molecule has 136 valence electrons. The smallest absolute Gasteiger partial charge is 0.200 e. The van der Waals surface area contributed by atoms with Crippen LogP contribution in [0.3, 0.4) is 0 Å². The Kier molecular flexibility index (Phi) is 4.44. The molecule has 0 aromatic heterocycles. The van der Waals surface area contributed by atoms with Gasteiger partial charge < -0.3 is 10.6 Å². The lowest BCUT2D eigenvalue weighted by molar-refractivity contribution is 0.733. The molecule has 1 aliphatic rings. The Balaban J connectivity index is 1.66. The molecule has 1 unspecified atom stereocenters. The van der Waals surface area contributed by atoms with Crippen molar-refractivity contribution in [1.29, 1.82) is 0 Å². The highest BCUT2D eigenvalue weighted by Gasteiger charge is 2.13. The molecule has 3 aromatic carbocycles. The van der Waals surface area contributed by atoms with Gasteiger partial charge in [0.05, 0.1) is 5.69 Å². The van der Waals surface area contributed by atoms with Crippen molar-refractivity contribution in [2.45, 2.75) is 26.2 Å². The molecular weight excluding hydrogens is 330 g/mol. The lowest BCUT2D eigenvalue weighted by Crippen LogP contribution is -2.33. The summed E-state index contributed by atoms with van der Waals surface area (Å²) in [7, 11) is 1.96. The minimum Gasteiger partial charge on any atom is -0.369 e. The van der Waals surface area contributed by atoms with E-state index in [-0.39, 0.29) is 0 Å². The van der Waals surface area contributed by atoms with Crippen molar-refractivity contribution in [2.75, 3.05) is 11.9 Å². The molecule has 3 nitrogen and oxygen atoms in total. The van der Waals surface area contributed by atoms with Gasteiger partial charge in [-0.05, 0) is 52.6 Å². The molecule has 3 heteroatoms. The van der Waals surface area contributed by atoms with Gasteiger partial charge >= 0.3 is 0 Å². The van der Waals surface area contributed by atoms with Gasteiger partial charge in [-0.15, -0.1) is 0 Å². The molecule has 27 heavy (non-hydrogen) atoms. The molecule has 1 atom stereocenters. The summed E-state index contributed by atoms with van der Waals surface area (Å²) < 4.78 is 0. The first-order chi connectivity index (χ1) is 13.1. The lowest BCUT2D eigenvalue weighted by Gasteiger charge is -2.19. The molecule has 0 heterocycles. The number of hydrogen-bond donors (Lipinski definition) is 1. The van der Waals surface area contributed by atoms with Gasteiger partial charge in [-0.1, -0.05) is 62.4 Å². The van der Waals surface area contributed by atoms with Gasteiger partial charge in [0.2, 0.25) is 5.96 Å². The first kappa shape index (κ1) is 17.3. The maximum Gasteiger partial charge on any atom is 0.200 e. The normalized spacial score (nSPS) is 14.0. The summed E-state index contributed by atoms with van der Waals surface area (Å²) in [6.45, 7) is 4.46. The second-order valence-corrected chi connectivity index (χ2v) is 7.21. The van der Waals surface area contributed by atoms with Crippen LogP contribution in [0.2, 0.25) is 0 Å². The Morgan fingerprint density at radius 2 is 1.70 bits per heavy atom. The highest BCUT2D eigenvalue weighted by atomic mass is 15.2. The van der Waals surface area contributed by atoms with Gasteiger partial charge in [-0.25, -0.2) is 4.99 Å². The Hall–Kier alpha value is -3.07. The average Bonchev–Trinajstić information content (AvgIpc) is 3.13. The fourth-order valence-electron chi connectivity index (χ4n) is 3.60. The maximum atomic E-state index is 6.35. The number of anilines is 1. The Bertz CT molecular complexity index is 1030. The first-order valence-electron chi connectivity index (χ1n) is 9.50. The van der Waals surface area contributed by atoms with E-state index in [0.29, 0.717) is 11.9 Å². The van der Waals surface area contributed by atoms with Gasteiger partial charge in [-0.2, -0.15) is 0 Å². The average molecular weight is 355 g/mol. The van der Waals surface area contributed by atoms with Crippen LogP contribution < -0.4 is 10.6 Å². The van der Waals surface area contributed by atoms with Crippen LogP contribution in [-0.2, 0) is 0 Å². The van der Waals surface area contributed by atoms with Gasteiger partial charge in [0.15, 0.2) is 0 Å². The number of rotatable bonds is 4. The van der Waals surface area contributed by atoms with Crippen LogP contribution in [0.15, 0.2) is 59.6 Å². The standard InChI is InChI=1S/C24H25N3/c1-4-16(2)17-10-13-20(14-11-17)27(3)24(25)26-22-15-12-19-9-8-18-6-5-7-21(22)23(18)19/h5-16H,4H2,1-3H3,(H2,25,26). The number of hydrogen-bond acceptors (Lipinski definition) is 1. The molecule has 0 saturated heterocycles. The molecule has 0 amide bonds. The molecule has 0 saturated carbocycles. The summed E-state index contributed by atoms with van der Waals surface area (Å²) in [6.07, 6.45) is 5.44. The second-order valence-electron chi connectivity index (χ2n) is 7.21. The molecular formula is C24H25N3. The van der Waals surface area contributed by atoms with Gasteiger partial charge in [0, 0.05) is 18.1 Å². The van der Waals surface area contributed by atoms with Crippen LogP contribution in [0.1, 0.15) is 42.9 Å². The highest BCUT2D eigenvalue weighted by molar-refractivity contribution is 6.10. The topological polar surface area (TPSA) is 41.6 Å². The van der Waals surface area contributed by atoms with Crippen LogP contribution in [-0.4, -0.2) is 13.0 Å². The van der Waals surface area contributed by atoms with Gasteiger partial charge in [0.1, 0.15) is 0 Å². The van der Waals surface area contributed by atoms with E-state index < -0.39 is 0 Å². The van der Waals surface area contributed by atoms with E-state index in [2.05, 4.69) is 74.5 Å². The van der Waals surface area contributed by atoms with E-state index in [0.717, 1.165) is 23.2 Å². The Morgan fingerprint density at radius 1 is 1.00 bits per heavy atom. The Labute approximate surface area is 160 Å². The molecule has 3 aromatic rings. The van der Waals surface area contributed by atoms with Crippen LogP contribution in [0.25, 0.3) is 22.9 Å². The third-order valence-corrected chi connectivity index (χ3v) is 5.56. The molecule has 0 spiro atoms. The van der Waals surface area contributed by atoms with Gasteiger partial charge in [0.25, 0.3) is 0 Å². The van der Waals surface area contributed by atoms with Gasteiger partial charge in [-0.3, -0.25) is 0 Å². The van der Waals surface area contributed by atoms with E-state index in [4.69, 9.17) is 10.7 Å². The quantitative estimate of drug-likeness (QED) is 0.365. The first-order valence-corrected chi connectivity index (χ1v) is 9.50. The molecule has 4 rings (SSSR count). The van der Waals surface area contributed by atoms with Crippen molar-refractivity contribution in [1.82, 2.24) is 0 Å². The van der Waals surface area contributed by atoms with Crippen LogP contribution in [0.4, 0.5) is 11.4 Å². The van der Waals surface area contributed by atoms with E-state index >= 15 is 0 Å². The molecule has 0 aliphatic heterocycles. The molecule has 0 fully saturated rings. The van der Waals surface area contributed by atoms with Crippen molar-refractivity contribution in [3.63, 3.8) is 0 Å². The van der Waals surface area contributed by atoms with Crippen LogP contribution in [0, 0.1) is 0 Å². The molecule has 0 radical (unpaired) electrons. The van der Waals surface area contributed by atoms with Crippen molar-refractivity contribution in [2.24, 2.45) is 10.7 Å². The summed E-state index contributed by atoms with van der Waals surface area (Å²) in [5, 5.41) is 2.39. The summed E-state index contributed by atoms with van der Waals surface area (Å²) >= 11 is 0. The van der Waals surface area contributed by atoms with E-state index in [1.54, 1.807) is 0 Å². The highest BCUT2D eigenvalue weighted by Crippen LogP contribution is 2.36. The predicted molar refractivity (Wildman–Crippen MR) is 118 cm³/mol. The summed E-state index contributed by atoms with van der Waals surface area (Å²) in [5.74, 6) is 1.05. The monoisotopic (exact) mass is 355 g/mol. The van der Waals surface area contributed by atoms with E-state index in [1.165, 1.54) is 22.1 Å². The number of benzene rings is 3. The minimum absolute atomic E-state index is 0.484. The second kappa shape index (κ2) is 6.92. The molecule has 0 bridgehead atoms.